The highest BCUT2D eigenvalue weighted by molar-refractivity contribution is 8.00. The number of para-hydroxylation sites is 2. The van der Waals surface area contributed by atoms with Crippen LogP contribution in [-0.4, -0.2) is 35.7 Å². The van der Waals surface area contributed by atoms with Gasteiger partial charge in [-0.1, -0.05) is 54.2 Å². The fourth-order valence-electron chi connectivity index (χ4n) is 4.52. The lowest BCUT2D eigenvalue weighted by Gasteiger charge is -2.22. The minimum Gasteiger partial charge on any atom is -0.311 e. The predicted molar refractivity (Wildman–Crippen MR) is 145 cm³/mol. The largest absolute Gasteiger partial charge is 0.311 e. The third-order valence-electron chi connectivity index (χ3n) is 6.49. The first-order chi connectivity index (χ1) is 17.7. The molecule has 1 aromatic heterocycles. The monoisotopic (exact) mass is 534 g/mol. The number of hydrogen-bond donors (Lipinski definition) is 1. The summed E-state index contributed by atoms with van der Waals surface area (Å²) in [5.41, 5.74) is 3.34. The Balaban J connectivity index is 1.42. The van der Waals surface area contributed by atoms with E-state index in [2.05, 4.69) is 0 Å². The van der Waals surface area contributed by atoms with Crippen molar-refractivity contribution in [2.75, 3.05) is 11.4 Å². The molecule has 37 heavy (non-hydrogen) atoms. The van der Waals surface area contributed by atoms with Gasteiger partial charge in [0.2, 0.25) is 15.9 Å². The number of amides is 1. The maximum Gasteiger partial charge on any atom is 0.262 e. The van der Waals surface area contributed by atoms with Crippen molar-refractivity contribution in [2.24, 2.45) is 5.14 Å². The number of rotatable bonds is 7. The predicted octanol–water partition coefficient (Wildman–Crippen LogP) is 3.36. The molecule has 0 bridgehead atoms. The molecule has 2 heterocycles. The Morgan fingerprint density at radius 1 is 1.05 bits per heavy atom. The van der Waals surface area contributed by atoms with Crippen LogP contribution in [0.1, 0.15) is 18.1 Å². The molecular weight excluding hydrogens is 508 g/mol. The van der Waals surface area contributed by atoms with Crippen molar-refractivity contribution in [3.8, 4) is 0 Å². The van der Waals surface area contributed by atoms with Crippen LogP contribution < -0.4 is 15.6 Å². The van der Waals surface area contributed by atoms with Crippen molar-refractivity contribution in [3.05, 3.63) is 94.3 Å². The van der Waals surface area contributed by atoms with Crippen molar-refractivity contribution >= 4 is 44.3 Å². The molecule has 5 rings (SSSR count). The van der Waals surface area contributed by atoms with E-state index in [9.17, 15) is 18.0 Å². The van der Waals surface area contributed by atoms with Gasteiger partial charge in [-0.2, -0.15) is 0 Å². The highest BCUT2D eigenvalue weighted by atomic mass is 32.2. The van der Waals surface area contributed by atoms with Crippen LogP contribution in [0.15, 0.2) is 87.6 Å². The van der Waals surface area contributed by atoms with Gasteiger partial charge >= 0.3 is 0 Å². The molecule has 1 aliphatic heterocycles. The van der Waals surface area contributed by atoms with E-state index >= 15 is 0 Å². The first-order valence-electron chi connectivity index (χ1n) is 11.9. The maximum atomic E-state index is 13.4. The molecule has 8 nitrogen and oxygen atoms in total. The van der Waals surface area contributed by atoms with Gasteiger partial charge in [-0.25, -0.2) is 18.5 Å². The summed E-state index contributed by atoms with van der Waals surface area (Å²) < 4.78 is 24.7. The Kier molecular flexibility index (Phi) is 6.89. The zero-order valence-electron chi connectivity index (χ0n) is 20.2. The molecule has 0 unspecified atom stereocenters. The van der Waals surface area contributed by atoms with Gasteiger partial charge in [-0.15, -0.1) is 0 Å². The van der Waals surface area contributed by atoms with Crippen LogP contribution in [0.25, 0.3) is 10.9 Å². The third kappa shape index (κ3) is 5.18. The molecular formula is C27H26N4O4S2. The zero-order valence-corrected chi connectivity index (χ0v) is 21.8. The fraction of sp³-hybridized carbons (Fsp3) is 0.222. The first-order valence-corrected chi connectivity index (χ1v) is 14.3. The van der Waals surface area contributed by atoms with Crippen LogP contribution in [0, 0.1) is 0 Å². The van der Waals surface area contributed by atoms with Gasteiger partial charge in [-0.05, 0) is 61.2 Å². The van der Waals surface area contributed by atoms with E-state index in [1.807, 2.05) is 42.2 Å². The fourth-order valence-corrected chi connectivity index (χ4v) is 6.03. The Hall–Kier alpha value is -3.47. The lowest BCUT2D eigenvalue weighted by atomic mass is 10.1. The van der Waals surface area contributed by atoms with Gasteiger partial charge in [-0.3, -0.25) is 14.2 Å². The van der Waals surface area contributed by atoms with Crippen molar-refractivity contribution in [2.45, 2.75) is 41.6 Å². The minimum absolute atomic E-state index is 0.0255. The molecule has 4 aromatic rings. The molecule has 2 N–H and O–H groups in total. The van der Waals surface area contributed by atoms with E-state index in [4.69, 9.17) is 10.1 Å². The van der Waals surface area contributed by atoms with Gasteiger partial charge in [0.15, 0.2) is 5.16 Å². The van der Waals surface area contributed by atoms with Crippen LogP contribution in [0.2, 0.25) is 0 Å². The number of carbonyl (C=O) groups excluding carboxylic acids is 1. The molecule has 0 aliphatic carbocycles. The molecule has 1 aliphatic rings. The number of anilines is 1. The number of aromatic nitrogens is 2. The summed E-state index contributed by atoms with van der Waals surface area (Å²) in [5, 5.41) is 5.71. The van der Waals surface area contributed by atoms with Gasteiger partial charge in [0, 0.05) is 18.8 Å². The third-order valence-corrected chi connectivity index (χ3v) is 8.49. The van der Waals surface area contributed by atoms with Crippen molar-refractivity contribution in [1.82, 2.24) is 9.55 Å². The summed E-state index contributed by atoms with van der Waals surface area (Å²) in [5.74, 6) is -0.0255. The summed E-state index contributed by atoms with van der Waals surface area (Å²) >= 11 is 1.27. The number of hydrogen-bond acceptors (Lipinski definition) is 6. The van der Waals surface area contributed by atoms with Crippen molar-refractivity contribution < 1.29 is 13.2 Å². The van der Waals surface area contributed by atoms with E-state index in [0.29, 0.717) is 35.6 Å². The molecule has 0 fully saturated rings. The van der Waals surface area contributed by atoms with Crippen LogP contribution in [0.4, 0.5) is 5.69 Å². The maximum absolute atomic E-state index is 13.4. The number of carbonyl (C=O) groups is 1. The van der Waals surface area contributed by atoms with Gasteiger partial charge in [0.05, 0.1) is 21.0 Å². The van der Waals surface area contributed by atoms with Crippen LogP contribution in [0.5, 0.6) is 0 Å². The topological polar surface area (TPSA) is 115 Å². The number of aryl methyl sites for hydroxylation is 1. The van der Waals surface area contributed by atoms with Crippen LogP contribution in [0.3, 0.4) is 0 Å². The van der Waals surface area contributed by atoms with Crippen molar-refractivity contribution in [1.29, 1.82) is 0 Å². The Morgan fingerprint density at radius 3 is 2.51 bits per heavy atom. The van der Waals surface area contributed by atoms with Gasteiger partial charge in [0.1, 0.15) is 0 Å². The van der Waals surface area contributed by atoms with Crippen LogP contribution >= 0.6 is 11.8 Å². The number of nitrogens with two attached hydrogens (primary N) is 1. The summed E-state index contributed by atoms with van der Waals surface area (Å²) in [7, 11) is -3.78. The van der Waals surface area contributed by atoms with E-state index in [1.165, 1.54) is 23.9 Å². The molecule has 3 aromatic carbocycles. The van der Waals surface area contributed by atoms with Gasteiger partial charge in [0.25, 0.3) is 5.56 Å². The first kappa shape index (κ1) is 25.2. The standard InChI is InChI=1S/C27H26N4O4S2/c1-18(25(32)30-17-15-20-6-2-5-9-24(20)30)36-27-29-23-8-4-3-7-22(23)26(33)31(27)16-14-19-10-12-21(13-11-19)37(28,34)35/h2-13,18H,14-17H2,1H3,(H2,28,34,35)/t18-/m1/s1. The molecule has 0 saturated carbocycles. The average Bonchev–Trinajstić information content (AvgIpc) is 3.32. The minimum atomic E-state index is -3.78. The summed E-state index contributed by atoms with van der Waals surface area (Å²) in [6.07, 6.45) is 1.29. The molecule has 1 amide bonds. The van der Waals surface area contributed by atoms with Crippen LogP contribution in [-0.2, 0) is 34.2 Å². The average molecular weight is 535 g/mol. The van der Waals surface area contributed by atoms with Crippen molar-refractivity contribution in [3.63, 3.8) is 0 Å². The summed E-state index contributed by atoms with van der Waals surface area (Å²) in [6.45, 7) is 2.79. The highest BCUT2D eigenvalue weighted by Crippen LogP contribution is 2.31. The molecule has 10 heteroatoms. The lowest BCUT2D eigenvalue weighted by Crippen LogP contribution is -2.36. The molecule has 190 valence electrons. The second kappa shape index (κ2) is 10.1. The summed E-state index contributed by atoms with van der Waals surface area (Å²) in [4.78, 5) is 33.4. The Morgan fingerprint density at radius 2 is 1.76 bits per heavy atom. The molecule has 1 atom stereocenters. The SMILES string of the molecule is C[C@@H](Sc1nc2ccccc2c(=O)n1CCc1ccc(S(N)(=O)=O)cc1)C(=O)N1CCc2ccccc21. The summed E-state index contributed by atoms with van der Waals surface area (Å²) in [6, 6.07) is 21.3. The number of nitrogens with zero attached hydrogens (tertiary/aromatic N) is 3. The van der Waals surface area contributed by atoms with E-state index in [-0.39, 0.29) is 16.4 Å². The Bertz CT molecular complexity index is 1650. The normalized spacial score (nSPS) is 14.1. The van der Waals surface area contributed by atoms with E-state index < -0.39 is 15.3 Å². The van der Waals surface area contributed by atoms with Gasteiger partial charge < -0.3 is 4.90 Å². The second-order valence-corrected chi connectivity index (χ2v) is 11.8. The number of fused-ring (bicyclic) bond motifs is 2. The molecule has 0 saturated heterocycles. The second-order valence-electron chi connectivity index (χ2n) is 8.94. The molecule has 0 spiro atoms. The van der Waals surface area contributed by atoms with E-state index in [0.717, 1.165) is 23.2 Å². The smallest absolute Gasteiger partial charge is 0.262 e. The zero-order chi connectivity index (χ0) is 26.2. The number of sulfonamides is 1. The van der Waals surface area contributed by atoms with E-state index in [1.54, 1.807) is 34.9 Å². The number of primary sulfonamides is 1. The highest BCUT2D eigenvalue weighted by Gasteiger charge is 2.29. The molecule has 0 radical (unpaired) electrons. The quantitative estimate of drug-likeness (QED) is 0.287. The Labute approximate surface area is 219 Å². The number of thioether (sulfide) groups is 1. The number of benzene rings is 3. The lowest BCUT2D eigenvalue weighted by molar-refractivity contribution is -0.117.